The number of fused-ring (bicyclic) bond motifs is 1. The normalized spacial score (nSPS) is 20.2. The molecule has 0 aliphatic carbocycles. The highest BCUT2D eigenvalue weighted by molar-refractivity contribution is 6.30. The topological polar surface area (TPSA) is 105 Å². The molecule has 2 atom stereocenters. The summed E-state index contributed by atoms with van der Waals surface area (Å²) in [7, 11) is 0. The molecular formula is C20H22ClN7O. The van der Waals surface area contributed by atoms with E-state index in [2.05, 4.69) is 14.9 Å². The van der Waals surface area contributed by atoms with Gasteiger partial charge in [0.15, 0.2) is 0 Å². The Kier molecular flexibility index (Phi) is 5.21. The molecular weight excluding hydrogens is 390 g/mol. The fourth-order valence-corrected chi connectivity index (χ4v) is 3.71. The molecule has 1 aliphatic rings. The Hall–Kier alpha value is -2.97. The summed E-state index contributed by atoms with van der Waals surface area (Å²) in [6, 6.07) is 5.52. The highest BCUT2D eigenvalue weighted by Gasteiger charge is 2.30. The Labute approximate surface area is 173 Å². The summed E-state index contributed by atoms with van der Waals surface area (Å²) >= 11 is 6.15. The first-order valence-corrected chi connectivity index (χ1v) is 9.68. The van der Waals surface area contributed by atoms with Gasteiger partial charge in [0.1, 0.15) is 11.8 Å². The summed E-state index contributed by atoms with van der Waals surface area (Å²) in [5.41, 5.74) is 9.18. The van der Waals surface area contributed by atoms with E-state index >= 15 is 0 Å². The van der Waals surface area contributed by atoms with Crippen LogP contribution in [0.25, 0.3) is 17.0 Å². The number of imidazole rings is 1. The van der Waals surface area contributed by atoms with Crippen LogP contribution in [0.3, 0.4) is 0 Å². The Morgan fingerprint density at radius 1 is 1.31 bits per heavy atom. The number of hydrogen-bond donors (Lipinski definition) is 2. The minimum absolute atomic E-state index is 0.0510. The number of pyridine rings is 1. The van der Waals surface area contributed by atoms with Crippen LogP contribution in [0.15, 0.2) is 48.6 Å². The predicted octanol–water partition coefficient (Wildman–Crippen LogP) is 2.92. The lowest BCUT2D eigenvalue weighted by atomic mass is 10.0. The minimum Gasteiger partial charge on any atom is -0.404 e. The lowest BCUT2D eigenvalue weighted by Gasteiger charge is -2.37. The van der Waals surface area contributed by atoms with E-state index < -0.39 is 0 Å². The van der Waals surface area contributed by atoms with Crippen molar-refractivity contribution in [2.45, 2.75) is 26.1 Å². The summed E-state index contributed by atoms with van der Waals surface area (Å²) in [6.07, 6.45) is 6.42. The average molecular weight is 412 g/mol. The Morgan fingerprint density at radius 2 is 2.14 bits per heavy atom. The molecule has 3 aromatic heterocycles. The molecule has 8 nitrogen and oxygen atoms in total. The molecule has 1 aliphatic heterocycles. The van der Waals surface area contributed by atoms with Gasteiger partial charge < -0.3 is 20.8 Å². The average Bonchev–Trinajstić information content (AvgIpc) is 3.11. The van der Waals surface area contributed by atoms with Crippen molar-refractivity contribution in [1.82, 2.24) is 19.4 Å². The molecule has 0 radical (unpaired) electrons. The van der Waals surface area contributed by atoms with Gasteiger partial charge in [0.05, 0.1) is 35.3 Å². The van der Waals surface area contributed by atoms with E-state index in [0.717, 1.165) is 17.0 Å². The monoisotopic (exact) mass is 411 g/mol. The van der Waals surface area contributed by atoms with E-state index in [1.165, 1.54) is 6.20 Å². The molecule has 0 bridgehead atoms. The summed E-state index contributed by atoms with van der Waals surface area (Å²) in [5, 5.41) is 8.57. The fraction of sp³-hybridized carbons (Fsp3) is 0.300. The molecule has 3 aromatic rings. The molecule has 0 spiro atoms. The van der Waals surface area contributed by atoms with Crippen LogP contribution in [0.5, 0.6) is 0 Å². The first kappa shape index (κ1) is 19.4. The molecule has 9 heteroatoms. The van der Waals surface area contributed by atoms with Gasteiger partial charge in [-0.1, -0.05) is 11.6 Å². The number of rotatable bonds is 4. The summed E-state index contributed by atoms with van der Waals surface area (Å²) in [5.74, 6) is 0.596. The number of nitrogens with one attached hydrogen (secondary N) is 1. The number of halogens is 1. The molecule has 3 N–H and O–H groups in total. The van der Waals surface area contributed by atoms with E-state index in [4.69, 9.17) is 32.5 Å². The van der Waals surface area contributed by atoms with E-state index in [9.17, 15) is 0 Å². The molecule has 1 fully saturated rings. The predicted molar refractivity (Wildman–Crippen MR) is 113 cm³/mol. The smallest absolute Gasteiger partial charge is 0.226 e. The third-order valence-electron chi connectivity index (χ3n) is 4.88. The van der Waals surface area contributed by atoms with Gasteiger partial charge in [-0.2, -0.15) is 0 Å². The fourth-order valence-electron chi connectivity index (χ4n) is 3.55. The first-order valence-electron chi connectivity index (χ1n) is 9.30. The van der Waals surface area contributed by atoms with Crippen molar-refractivity contribution in [1.29, 1.82) is 5.41 Å². The molecule has 0 aromatic carbocycles. The third-order valence-corrected chi connectivity index (χ3v) is 5.10. The Morgan fingerprint density at radius 3 is 2.90 bits per heavy atom. The zero-order chi connectivity index (χ0) is 20.5. The molecule has 2 unspecified atom stereocenters. The van der Waals surface area contributed by atoms with E-state index in [1.54, 1.807) is 19.3 Å². The maximum Gasteiger partial charge on any atom is 0.226 e. The van der Waals surface area contributed by atoms with Gasteiger partial charge in [-0.05, 0) is 32.0 Å². The molecule has 150 valence electrons. The summed E-state index contributed by atoms with van der Waals surface area (Å²) in [6.45, 7) is 4.86. The van der Waals surface area contributed by atoms with Crippen molar-refractivity contribution in [3.05, 3.63) is 53.6 Å². The van der Waals surface area contributed by atoms with Crippen molar-refractivity contribution in [3.8, 4) is 11.4 Å². The highest BCUT2D eigenvalue weighted by atomic mass is 35.5. The van der Waals surface area contributed by atoms with E-state index in [-0.39, 0.29) is 12.2 Å². The SMILES string of the molecule is CC(=N)/C(=C\N)C1CN(c2nccc(-c3cnc4ccc(Cl)cn34)n2)CC(C)O1. The van der Waals surface area contributed by atoms with Gasteiger partial charge in [0, 0.05) is 36.4 Å². The molecule has 0 amide bonds. The van der Waals surface area contributed by atoms with Crippen LogP contribution in [-0.2, 0) is 4.74 Å². The van der Waals surface area contributed by atoms with Crippen LogP contribution in [0.4, 0.5) is 5.95 Å². The molecule has 4 heterocycles. The number of morpholine rings is 1. The van der Waals surface area contributed by atoms with Crippen LogP contribution in [-0.4, -0.2) is 50.4 Å². The standard InChI is InChI=1S/C20H22ClN7O/c1-12-9-27(11-18(29-12)15(7-22)13(2)23)20-24-6-5-16(26-20)17-8-25-19-4-3-14(21)10-28(17)19/h3-8,10,12,18,23H,9,11,22H2,1-2H3/b15-7+,23-13?. The number of anilines is 1. The van der Waals surface area contributed by atoms with Gasteiger partial charge in [0.25, 0.3) is 0 Å². The van der Waals surface area contributed by atoms with Gasteiger partial charge >= 0.3 is 0 Å². The largest absolute Gasteiger partial charge is 0.404 e. The van der Waals surface area contributed by atoms with Crippen molar-refractivity contribution in [2.75, 3.05) is 18.0 Å². The second-order valence-corrected chi connectivity index (χ2v) is 7.48. The second-order valence-electron chi connectivity index (χ2n) is 7.05. The Balaban J connectivity index is 1.67. The van der Waals surface area contributed by atoms with Gasteiger partial charge in [0.2, 0.25) is 5.95 Å². The van der Waals surface area contributed by atoms with Gasteiger partial charge in [-0.3, -0.25) is 4.40 Å². The number of nitrogens with two attached hydrogens (primary N) is 1. The Bertz CT molecular complexity index is 1090. The van der Waals surface area contributed by atoms with Crippen LogP contribution in [0.1, 0.15) is 13.8 Å². The quantitative estimate of drug-likeness (QED) is 0.639. The first-order chi connectivity index (χ1) is 14.0. The number of hydrogen-bond acceptors (Lipinski definition) is 7. The van der Waals surface area contributed by atoms with Gasteiger partial charge in [-0.15, -0.1) is 0 Å². The molecule has 0 saturated carbocycles. The molecule has 29 heavy (non-hydrogen) atoms. The summed E-state index contributed by atoms with van der Waals surface area (Å²) < 4.78 is 7.92. The van der Waals surface area contributed by atoms with Crippen LogP contribution >= 0.6 is 11.6 Å². The van der Waals surface area contributed by atoms with Crippen LogP contribution in [0.2, 0.25) is 5.02 Å². The zero-order valence-corrected chi connectivity index (χ0v) is 17.0. The van der Waals surface area contributed by atoms with Crippen LogP contribution in [0, 0.1) is 5.41 Å². The van der Waals surface area contributed by atoms with Crippen molar-refractivity contribution >= 4 is 28.9 Å². The van der Waals surface area contributed by atoms with Gasteiger partial charge in [-0.25, -0.2) is 15.0 Å². The van der Waals surface area contributed by atoms with E-state index in [0.29, 0.717) is 35.3 Å². The highest BCUT2D eigenvalue weighted by Crippen LogP contribution is 2.25. The molecule has 4 rings (SSSR count). The maximum absolute atomic E-state index is 7.95. The van der Waals surface area contributed by atoms with E-state index in [1.807, 2.05) is 35.7 Å². The van der Waals surface area contributed by atoms with Crippen LogP contribution < -0.4 is 10.6 Å². The number of ether oxygens (including phenoxy) is 1. The zero-order valence-electron chi connectivity index (χ0n) is 16.2. The third kappa shape index (κ3) is 3.81. The number of nitrogens with zero attached hydrogens (tertiary/aromatic N) is 5. The number of aromatic nitrogens is 4. The lowest BCUT2D eigenvalue weighted by molar-refractivity contribution is 0.00634. The summed E-state index contributed by atoms with van der Waals surface area (Å²) in [4.78, 5) is 15.7. The van der Waals surface area contributed by atoms with Crippen molar-refractivity contribution < 1.29 is 4.74 Å². The van der Waals surface area contributed by atoms with Crippen molar-refractivity contribution in [2.24, 2.45) is 5.73 Å². The maximum atomic E-state index is 7.95. The minimum atomic E-state index is -0.303. The second kappa shape index (κ2) is 7.81. The molecule has 1 saturated heterocycles. The lowest BCUT2D eigenvalue weighted by Crippen LogP contribution is -2.49. The van der Waals surface area contributed by atoms with Crippen molar-refractivity contribution in [3.63, 3.8) is 0 Å².